The maximum absolute atomic E-state index is 12.8. The molecular formula is C8H12F4N2. The summed E-state index contributed by atoms with van der Waals surface area (Å²) >= 11 is 0. The summed E-state index contributed by atoms with van der Waals surface area (Å²) in [6.45, 7) is -0.372. The number of likely N-dealkylation sites (tertiary alicyclic amines) is 1. The second-order valence-corrected chi connectivity index (χ2v) is 3.96. The van der Waals surface area contributed by atoms with Crippen LogP contribution in [0.1, 0.15) is 6.42 Å². The first-order valence-corrected chi connectivity index (χ1v) is 4.63. The molecule has 6 heteroatoms. The molecule has 0 saturated carbocycles. The Morgan fingerprint density at radius 3 is 2.07 bits per heavy atom. The van der Waals surface area contributed by atoms with Crippen LogP contribution in [0.15, 0.2) is 0 Å². The summed E-state index contributed by atoms with van der Waals surface area (Å²) in [5.74, 6) is -7.73. The Labute approximate surface area is 79.3 Å². The number of alkyl halides is 4. The Morgan fingerprint density at radius 1 is 1.07 bits per heavy atom. The van der Waals surface area contributed by atoms with Gasteiger partial charge in [-0.1, -0.05) is 0 Å². The Morgan fingerprint density at radius 2 is 1.64 bits per heavy atom. The molecule has 2 nitrogen and oxygen atoms in total. The van der Waals surface area contributed by atoms with E-state index in [0.29, 0.717) is 13.0 Å². The van der Waals surface area contributed by atoms with E-state index in [9.17, 15) is 17.6 Å². The highest BCUT2D eigenvalue weighted by molar-refractivity contribution is 5.00. The predicted octanol–water partition coefficient (Wildman–Crippen LogP) is 0.934. The lowest BCUT2D eigenvalue weighted by Crippen LogP contribution is -2.38. The van der Waals surface area contributed by atoms with Gasteiger partial charge in [-0.25, -0.2) is 0 Å². The Kier molecular flexibility index (Phi) is 2.23. The van der Waals surface area contributed by atoms with E-state index in [4.69, 9.17) is 0 Å². The zero-order valence-corrected chi connectivity index (χ0v) is 7.57. The lowest BCUT2D eigenvalue weighted by molar-refractivity contribution is -0.172. The topological polar surface area (TPSA) is 15.3 Å². The van der Waals surface area contributed by atoms with Gasteiger partial charge in [-0.15, -0.1) is 0 Å². The van der Waals surface area contributed by atoms with E-state index in [0.717, 1.165) is 6.54 Å². The van der Waals surface area contributed by atoms with Crippen LogP contribution in [0.4, 0.5) is 17.6 Å². The summed E-state index contributed by atoms with van der Waals surface area (Å²) in [7, 11) is 0. The first-order chi connectivity index (χ1) is 6.42. The number of nitrogens with zero attached hydrogens (tertiary/aromatic N) is 1. The summed E-state index contributed by atoms with van der Waals surface area (Å²) in [6, 6.07) is -0.158. The van der Waals surface area contributed by atoms with Crippen molar-refractivity contribution in [3.05, 3.63) is 0 Å². The number of nitrogens with one attached hydrogen (secondary N) is 1. The number of hydrogen-bond donors (Lipinski definition) is 1. The molecule has 0 bridgehead atoms. The maximum Gasteiger partial charge on any atom is 0.323 e. The fourth-order valence-electron chi connectivity index (χ4n) is 2.01. The quantitative estimate of drug-likeness (QED) is 0.650. The minimum absolute atomic E-state index is 0.158. The lowest BCUT2D eigenvalue weighted by atomic mass is 10.2. The van der Waals surface area contributed by atoms with E-state index in [1.165, 1.54) is 4.90 Å². The van der Waals surface area contributed by atoms with E-state index in [-0.39, 0.29) is 6.04 Å². The fourth-order valence-corrected chi connectivity index (χ4v) is 2.01. The standard InChI is InChI=1S/C8H12F4N2/c9-7(10)4-14(5-8(7,11)12)6-1-2-13-3-6/h6,13H,1-5H2/t6-/m1/s1. The molecule has 0 aliphatic carbocycles. The Bertz CT molecular complexity index is 209. The highest BCUT2D eigenvalue weighted by Gasteiger charge is 2.63. The Hall–Kier alpha value is -0.360. The minimum atomic E-state index is -3.87. The fraction of sp³-hybridized carbons (Fsp3) is 1.00. The van der Waals surface area contributed by atoms with Crippen LogP contribution in [0.25, 0.3) is 0 Å². The highest BCUT2D eigenvalue weighted by atomic mass is 19.3. The van der Waals surface area contributed by atoms with Gasteiger partial charge in [0.15, 0.2) is 0 Å². The van der Waals surface area contributed by atoms with Gasteiger partial charge in [0.1, 0.15) is 0 Å². The zero-order valence-electron chi connectivity index (χ0n) is 7.57. The van der Waals surface area contributed by atoms with E-state index in [1.54, 1.807) is 0 Å². The van der Waals surface area contributed by atoms with Crippen molar-refractivity contribution in [2.24, 2.45) is 0 Å². The third kappa shape index (κ3) is 1.50. The molecule has 2 aliphatic heterocycles. The van der Waals surface area contributed by atoms with Crippen LogP contribution in [0.5, 0.6) is 0 Å². The third-order valence-corrected chi connectivity index (χ3v) is 2.89. The van der Waals surface area contributed by atoms with E-state index < -0.39 is 24.9 Å². The Balaban J connectivity index is 2.05. The maximum atomic E-state index is 12.8. The molecule has 0 unspecified atom stereocenters. The average molecular weight is 212 g/mol. The van der Waals surface area contributed by atoms with Crippen LogP contribution < -0.4 is 5.32 Å². The second kappa shape index (κ2) is 3.06. The van der Waals surface area contributed by atoms with Gasteiger partial charge in [0.05, 0.1) is 13.1 Å². The smallest absolute Gasteiger partial charge is 0.315 e. The van der Waals surface area contributed by atoms with Crippen LogP contribution in [0.3, 0.4) is 0 Å². The van der Waals surface area contributed by atoms with Crippen molar-refractivity contribution in [2.45, 2.75) is 24.3 Å². The molecule has 1 atom stereocenters. The van der Waals surface area contributed by atoms with Gasteiger partial charge in [-0.05, 0) is 13.0 Å². The van der Waals surface area contributed by atoms with Gasteiger partial charge in [0, 0.05) is 12.6 Å². The molecule has 2 aliphatic rings. The lowest BCUT2D eigenvalue weighted by Gasteiger charge is -2.21. The van der Waals surface area contributed by atoms with Crippen LogP contribution >= 0.6 is 0 Å². The monoisotopic (exact) mass is 212 g/mol. The molecular weight excluding hydrogens is 200 g/mol. The van der Waals surface area contributed by atoms with Crippen molar-refractivity contribution in [3.63, 3.8) is 0 Å². The van der Waals surface area contributed by atoms with Crippen molar-refractivity contribution >= 4 is 0 Å². The van der Waals surface area contributed by atoms with Crippen LogP contribution in [-0.2, 0) is 0 Å². The molecule has 0 radical (unpaired) electrons. The molecule has 14 heavy (non-hydrogen) atoms. The molecule has 2 fully saturated rings. The summed E-state index contributed by atoms with van der Waals surface area (Å²) in [5.41, 5.74) is 0. The van der Waals surface area contributed by atoms with Crippen LogP contribution in [0, 0.1) is 0 Å². The summed E-state index contributed by atoms with van der Waals surface area (Å²) in [6.07, 6.45) is 0.673. The molecule has 2 rings (SSSR count). The average Bonchev–Trinajstić information content (AvgIpc) is 2.58. The molecule has 0 spiro atoms. The van der Waals surface area contributed by atoms with Crippen molar-refractivity contribution in [1.29, 1.82) is 0 Å². The van der Waals surface area contributed by atoms with Gasteiger partial charge in [-0.2, -0.15) is 17.6 Å². The molecule has 0 aromatic heterocycles. The van der Waals surface area contributed by atoms with Crippen molar-refractivity contribution in [1.82, 2.24) is 10.2 Å². The van der Waals surface area contributed by atoms with Crippen molar-refractivity contribution in [3.8, 4) is 0 Å². The first kappa shape index (κ1) is 10.2. The largest absolute Gasteiger partial charge is 0.323 e. The summed E-state index contributed by atoms with van der Waals surface area (Å²) < 4.78 is 51.3. The van der Waals surface area contributed by atoms with E-state index >= 15 is 0 Å². The molecule has 0 amide bonds. The van der Waals surface area contributed by atoms with Gasteiger partial charge in [0.25, 0.3) is 0 Å². The SMILES string of the molecule is FC1(F)CN([C@@H]2CCNC2)CC1(F)F. The van der Waals surface area contributed by atoms with Crippen molar-refractivity contribution < 1.29 is 17.6 Å². The van der Waals surface area contributed by atoms with Gasteiger partial charge in [0.2, 0.25) is 0 Å². The molecule has 2 heterocycles. The minimum Gasteiger partial charge on any atom is -0.315 e. The molecule has 0 aromatic carbocycles. The number of hydrogen-bond acceptors (Lipinski definition) is 2. The zero-order chi connectivity index (χ0) is 10.4. The third-order valence-electron chi connectivity index (χ3n) is 2.89. The number of rotatable bonds is 1. The highest BCUT2D eigenvalue weighted by Crippen LogP contribution is 2.41. The predicted molar refractivity (Wildman–Crippen MR) is 42.7 cm³/mol. The molecule has 0 aromatic rings. The first-order valence-electron chi connectivity index (χ1n) is 4.63. The molecule has 82 valence electrons. The summed E-state index contributed by atoms with van der Waals surface area (Å²) in [5, 5.41) is 2.97. The van der Waals surface area contributed by atoms with E-state index in [1.807, 2.05) is 0 Å². The van der Waals surface area contributed by atoms with Gasteiger partial charge >= 0.3 is 11.8 Å². The van der Waals surface area contributed by atoms with Gasteiger partial charge < -0.3 is 5.32 Å². The van der Waals surface area contributed by atoms with Gasteiger partial charge in [-0.3, -0.25) is 4.90 Å². The second-order valence-electron chi connectivity index (χ2n) is 3.96. The summed E-state index contributed by atoms with van der Waals surface area (Å²) in [4.78, 5) is 1.19. The van der Waals surface area contributed by atoms with Crippen LogP contribution in [0.2, 0.25) is 0 Å². The normalized spacial score (nSPS) is 36.4. The molecule has 2 saturated heterocycles. The van der Waals surface area contributed by atoms with Crippen LogP contribution in [-0.4, -0.2) is 49.0 Å². The van der Waals surface area contributed by atoms with Crippen molar-refractivity contribution in [2.75, 3.05) is 26.2 Å². The van der Waals surface area contributed by atoms with E-state index in [2.05, 4.69) is 5.32 Å². The molecule has 1 N–H and O–H groups in total. The number of halogens is 4.